The Kier molecular flexibility index (Phi) is 6.62. The second-order valence-corrected chi connectivity index (χ2v) is 9.14. The van der Waals surface area contributed by atoms with E-state index in [-0.39, 0.29) is 0 Å². The largest absolute Gasteiger partial charge is 0.371 e. The monoisotopic (exact) mass is 400 g/mol. The minimum absolute atomic E-state index is 0.842. The molecule has 2 nitrogen and oxygen atoms in total. The van der Waals surface area contributed by atoms with Crippen molar-refractivity contribution in [1.29, 1.82) is 0 Å². The Balaban J connectivity index is 1.31. The van der Waals surface area contributed by atoms with E-state index < -0.39 is 0 Å². The highest BCUT2D eigenvalue weighted by Gasteiger charge is 2.31. The molecule has 1 aliphatic carbocycles. The average molecular weight is 401 g/mol. The molecule has 1 heterocycles. The average Bonchev–Trinajstić information content (AvgIpc) is 2.79. The normalized spacial score (nSPS) is 21.0. The van der Waals surface area contributed by atoms with Gasteiger partial charge in [-0.1, -0.05) is 75.7 Å². The standard InChI is InChI=1S/C28H36N2/c1-4-23-9-11-24(12-10-23)19-21(2)29-28-15-13-25(14-16-28)22(3)30-18-17-26-7-5-6-8-27(26)20-30/h9-16,26-27,29H,2-8,17-20H2,1H3. The highest BCUT2D eigenvalue weighted by molar-refractivity contribution is 5.65. The quantitative estimate of drug-likeness (QED) is 0.544. The third-order valence-corrected chi connectivity index (χ3v) is 7.06. The molecule has 2 aromatic rings. The van der Waals surface area contributed by atoms with Crippen molar-refractivity contribution in [3.63, 3.8) is 0 Å². The van der Waals surface area contributed by atoms with Gasteiger partial charge in [0.1, 0.15) is 0 Å². The number of rotatable bonds is 7. The summed E-state index contributed by atoms with van der Waals surface area (Å²) in [5.41, 5.74) is 7.19. The van der Waals surface area contributed by atoms with Crippen LogP contribution in [0.5, 0.6) is 0 Å². The summed E-state index contributed by atoms with van der Waals surface area (Å²) in [6.07, 6.45) is 8.95. The lowest BCUT2D eigenvalue weighted by molar-refractivity contribution is 0.124. The molecule has 0 amide bonds. The predicted octanol–water partition coefficient (Wildman–Crippen LogP) is 6.90. The van der Waals surface area contributed by atoms with Crippen LogP contribution in [-0.2, 0) is 12.8 Å². The molecule has 2 atom stereocenters. The smallest absolute Gasteiger partial charge is 0.0382 e. The van der Waals surface area contributed by atoms with Crippen molar-refractivity contribution < 1.29 is 0 Å². The molecule has 0 spiro atoms. The van der Waals surface area contributed by atoms with Gasteiger partial charge in [0, 0.05) is 36.6 Å². The molecule has 0 aromatic heterocycles. The molecule has 2 aromatic carbocycles. The number of likely N-dealkylation sites (tertiary alicyclic amines) is 1. The van der Waals surface area contributed by atoms with Gasteiger partial charge in [-0.3, -0.25) is 0 Å². The number of benzene rings is 2. The first-order chi connectivity index (χ1) is 14.6. The minimum atomic E-state index is 0.842. The first-order valence-electron chi connectivity index (χ1n) is 11.7. The topological polar surface area (TPSA) is 15.3 Å². The molecular weight excluding hydrogens is 364 g/mol. The van der Waals surface area contributed by atoms with E-state index in [1.54, 1.807) is 0 Å². The zero-order chi connectivity index (χ0) is 20.9. The van der Waals surface area contributed by atoms with Gasteiger partial charge >= 0.3 is 0 Å². The SMILES string of the molecule is C=C(Cc1ccc(CC)cc1)Nc1ccc(C(=C)N2CCC3CCCCC3C2)cc1. The van der Waals surface area contributed by atoms with Crippen LogP contribution in [0.1, 0.15) is 55.7 Å². The van der Waals surface area contributed by atoms with Gasteiger partial charge in [-0.15, -0.1) is 0 Å². The maximum absolute atomic E-state index is 4.43. The lowest BCUT2D eigenvalue weighted by Crippen LogP contribution is -2.40. The maximum atomic E-state index is 4.43. The molecule has 0 radical (unpaired) electrons. The van der Waals surface area contributed by atoms with E-state index in [1.807, 2.05) is 0 Å². The highest BCUT2D eigenvalue weighted by atomic mass is 15.1. The van der Waals surface area contributed by atoms with E-state index in [1.165, 1.54) is 61.0 Å². The van der Waals surface area contributed by atoms with Crippen LogP contribution in [0, 0.1) is 11.8 Å². The fourth-order valence-corrected chi connectivity index (χ4v) is 5.16. The second kappa shape index (κ2) is 9.55. The van der Waals surface area contributed by atoms with Crippen molar-refractivity contribution in [3.05, 3.63) is 84.1 Å². The summed E-state index contributed by atoms with van der Waals surface area (Å²) in [5, 5.41) is 3.46. The first-order valence-corrected chi connectivity index (χ1v) is 11.7. The number of allylic oxidation sites excluding steroid dienone is 1. The Morgan fingerprint density at radius 2 is 1.57 bits per heavy atom. The second-order valence-electron chi connectivity index (χ2n) is 9.14. The van der Waals surface area contributed by atoms with Gasteiger partial charge in [-0.2, -0.15) is 0 Å². The van der Waals surface area contributed by atoms with E-state index in [4.69, 9.17) is 0 Å². The van der Waals surface area contributed by atoms with Crippen molar-refractivity contribution in [2.24, 2.45) is 11.8 Å². The van der Waals surface area contributed by atoms with Gasteiger partial charge in [0.05, 0.1) is 0 Å². The number of hydrogen-bond acceptors (Lipinski definition) is 2. The zero-order valence-corrected chi connectivity index (χ0v) is 18.5. The van der Waals surface area contributed by atoms with Gasteiger partial charge in [0.15, 0.2) is 0 Å². The Morgan fingerprint density at radius 1 is 0.900 bits per heavy atom. The Labute approximate surface area is 182 Å². The molecule has 1 saturated heterocycles. The van der Waals surface area contributed by atoms with Gasteiger partial charge in [-0.25, -0.2) is 0 Å². The summed E-state index contributed by atoms with van der Waals surface area (Å²) >= 11 is 0. The third kappa shape index (κ3) is 4.98. The van der Waals surface area contributed by atoms with E-state index in [0.717, 1.165) is 42.6 Å². The first kappa shape index (κ1) is 20.8. The lowest BCUT2D eigenvalue weighted by atomic mass is 9.75. The van der Waals surface area contributed by atoms with Crippen molar-refractivity contribution in [2.45, 2.75) is 51.9 Å². The molecular formula is C28H36N2. The van der Waals surface area contributed by atoms with Crippen molar-refractivity contribution in [3.8, 4) is 0 Å². The molecule has 30 heavy (non-hydrogen) atoms. The maximum Gasteiger partial charge on any atom is 0.0382 e. The molecule has 2 fully saturated rings. The Hall–Kier alpha value is -2.48. The van der Waals surface area contributed by atoms with Crippen molar-refractivity contribution >= 4 is 11.4 Å². The number of hydrogen-bond donors (Lipinski definition) is 1. The predicted molar refractivity (Wildman–Crippen MR) is 129 cm³/mol. The van der Waals surface area contributed by atoms with Gasteiger partial charge in [0.25, 0.3) is 0 Å². The van der Waals surface area contributed by atoms with Crippen LogP contribution in [0.25, 0.3) is 5.70 Å². The van der Waals surface area contributed by atoms with Crippen LogP contribution in [0.2, 0.25) is 0 Å². The summed E-state index contributed by atoms with van der Waals surface area (Å²) in [4.78, 5) is 2.52. The van der Waals surface area contributed by atoms with Crippen molar-refractivity contribution in [2.75, 3.05) is 18.4 Å². The van der Waals surface area contributed by atoms with Crippen LogP contribution < -0.4 is 5.32 Å². The molecule has 1 N–H and O–H groups in total. The number of fused-ring (bicyclic) bond motifs is 1. The summed E-state index contributed by atoms with van der Waals surface area (Å²) in [5.74, 6) is 1.83. The molecule has 158 valence electrons. The molecule has 1 saturated carbocycles. The summed E-state index contributed by atoms with van der Waals surface area (Å²) in [6.45, 7) is 13.2. The Morgan fingerprint density at radius 3 is 2.27 bits per heavy atom. The van der Waals surface area contributed by atoms with Gasteiger partial charge < -0.3 is 10.2 Å². The van der Waals surface area contributed by atoms with E-state index >= 15 is 0 Å². The summed E-state index contributed by atoms with van der Waals surface area (Å²) in [7, 11) is 0. The fraction of sp³-hybridized carbons (Fsp3) is 0.429. The number of anilines is 1. The zero-order valence-electron chi connectivity index (χ0n) is 18.5. The number of aryl methyl sites for hydroxylation is 1. The van der Waals surface area contributed by atoms with Crippen molar-refractivity contribution in [1.82, 2.24) is 4.90 Å². The van der Waals surface area contributed by atoms with E-state index in [2.05, 4.69) is 78.8 Å². The van der Waals surface area contributed by atoms with E-state index in [9.17, 15) is 0 Å². The molecule has 2 aliphatic rings. The third-order valence-electron chi connectivity index (χ3n) is 7.06. The highest BCUT2D eigenvalue weighted by Crippen LogP contribution is 2.38. The molecule has 2 heteroatoms. The number of nitrogens with one attached hydrogen (secondary N) is 1. The van der Waals surface area contributed by atoms with Gasteiger partial charge in [0.2, 0.25) is 0 Å². The number of nitrogens with zero attached hydrogens (tertiary/aromatic N) is 1. The van der Waals surface area contributed by atoms with E-state index in [0.29, 0.717) is 0 Å². The molecule has 1 aliphatic heterocycles. The summed E-state index contributed by atoms with van der Waals surface area (Å²) < 4.78 is 0. The van der Waals surface area contributed by atoms with Crippen LogP contribution in [-0.4, -0.2) is 18.0 Å². The van der Waals surface area contributed by atoms with Crippen LogP contribution in [0.3, 0.4) is 0 Å². The molecule has 2 unspecified atom stereocenters. The van der Waals surface area contributed by atoms with Gasteiger partial charge in [-0.05, 0) is 59.9 Å². The molecule has 0 bridgehead atoms. The lowest BCUT2D eigenvalue weighted by Gasteiger charge is -2.43. The van der Waals surface area contributed by atoms with Crippen LogP contribution in [0.15, 0.2) is 67.4 Å². The van der Waals surface area contributed by atoms with Crippen LogP contribution >= 0.6 is 0 Å². The molecule has 4 rings (SSSR count). The Bertz CT molecular complexity index is 863. The summed E-state index contributed by atoms with van der Waals surface area (Å²) in [6, 6.07) is 17.5. The number of piperidine rings is 1. The van der Waals surface area contributed by atoms with Crippen LogP contribution in [0.4, 0.5) is 5.69 Å². The minimum Gasteiger partial charge on any atom is -0.371 e. The fourth-order valence-electron chi connectivity index (χ4n) is 5.16.